The molecule has 20 heavy (non-hydrogen) atoms. The fourth-order valence-corrected chi connectivity index (χ4v) is 2.95. The maximum Gasteiger partial charge on any atom is 0.123 e. The highest BCUT2D eigenvalue weighted by Gasteiger charge is 2.16. The van der Waals surface area contributed by atoms with Crippen molar-refractivity contribution in [3.63, 3.8) is 0 Å². The molecule has 0 aliphatic rings. The van der Waals surface area contributed by atoms with Crippen LogP contribution in [0.25, 0.3) is 0 Å². The minimum atomic E-state index is 0.0127. The molecule has 106 valence electrons. The number of benzene rings is 2. The maximum absolute atomic E-state index is 6.09. The second-order valence-electron chi connectivity index (χ2n) is 4.51. The van der Waals surface area contributed by atoms with Gasteiger partial charge in [0.25, 0.3) is 0 Å². The predicted molar refractivity (Wildman–Crippen MR) is 89.6 cm³/mol. The molecule has 1 nitrogen and oxygen atoms in total. The Morgan fingerprint density at radius 1 is 1.10 bits per heavy atom. The van der Waals surface area contributed by atoms with Crippen LogP contribution in [0.3, 0.4) is 0 Å². The van der Waals surface area contributed by atoms with E-state index < -0.39 is 0 Å². The summed E-state index contributed by atoms with van der Waals surface area (Å²) in [5, 5.41) is 1.11. The summed E-state index contributed by atoms with van der Waals surface area (Å²) in [6.07, 6.45) is 0. The zero-order chi connectivity index (χ0) is 14.7. The second-order valence-corrected chi connectivity index (χ2v) is 6.24. The Kier molecular flexibility index (Phi) is 5.36. The maximum atomic E-state index is 6.09. The molecule has 0 radical (unpaired) electrons. The highest BCUT2D eigenvalue weighted by Crippen LogP contribution is 2.39. The lowest BCUT2D eigenvalue weighted by Crippen LogP contribution is -2.00. The third-order valence-corrected chi connectivity index (χ3v) is 4.74. The van der Waals surface area contributed by atoms with Gasteiger partial charge in [0.05, 0.1) is 21.5 Å². The van der Waals surface area contributed by atoms with E-state index in [0.717, 1.165) is 16.9 Å². The Balaban J connectivity index is 2.43. The van der Waals surface area contributed by atoms with Crippen molar-refractivity contribution >= 4 is 39.1 Å². The first-order valence-electron chi connectivity index (χ1n) is 6.35. The lowest BCUT2D eigenvalue weighted by Gasteiger charge is -2.17. The van der Waals surface area contributed by atoms with Gasteiger partial charge < -0.3 is 4.74 Å². The van der Waals surface area contributed by atoms with Crippen LogP contribution in [0, 0.1) is 6.92 Å². The first-order chi connectivity index (χ1) is 9.52. The number of halogens is 3. The summed E-state index contributed by atoms with van der Waals surface area (Å²) in [6.45, 7) is 4.68. The van der Waals surface area contributed by atoms with Crippen molar-refractivity contribution in [1.29, 1.82) is 0 Å². The summed E-state index contributed by atoms with van der Waals surface area (Å²) in [6, 6.07) is 11.8. The first kappa shape index (κ1) is 15.7. The van der Waals surface area contributed by atoms with E-state index in [0.29, 0.717) is 16.7 Å². The van der Waals surface area contributed by atoms with E-state index >= 15 is 0 Å². The fourth-order valence-electron chi connectivity index (χ4n) is 2.00. The van der Waals surface area contributed by atoms with Crippen LogP contribution in [-0.2, 0) is 0 Å². The van der Waals surface area contributed by atoms with Crippen LogP contribution >= 0.6 is 39.1 Å². The number of hydrogen-bond donors (Lipinski definition) is 0. The van der Waals surface area contributed by atoms with Crippen LogP contribution in [0.5, 0.6) is 5.75 Å². The van der Waals surface area contributed by atoms with E-state index in [1.807, 2.05) is 37.3 Å². The Bertz CT molecular complexity index is 613. The van der Waals surface area contributed by atoms with Gasteiger partial charge in [0.15, 0.2) is 0 Å². The summed E-state index contributed by atoms with van der Waals surface area (Å²) in [5.41, 5.74) is 3.32. The molecule has 1 unspecified atom stereocenters. The Morgan fingerprint density at radius 3 is 2.50 bits per heavy atom. The number of aryl methyl sites for hydroxylation is 1. The van der Waals surface area contributed by atoms with E-state index in [2.05, 4.69) is 28.9 Å². The predicted octanol–water partition coefficient (Wildman–Crippen LogP) is 6.18. The van der Waals surface area contributed by atoms with Crippen molar-refractivity contribution in [3.8, 4) is 5.75 Å². The van der Waals surface area contributed by atoms with Crippen molar-refractivity contribution in [2.45, 2.75) is 18.7 Å². The largest absolute Gasteiger partial charge is 0.494 e. The van der Waals surface area contributed by atoms with Crippen LogP contribution < -0.4 is 4.74 Å². The SMILES string of the molecule is CCOc1ccc(C)cc1C(Br)c1ccc(Cl)c(Cl)c1. The molecule has 0 amide bonds. The van der Waals surface area contributed by atoms with Crippen LogP contribution in [0.15, 0.2) is 36.4 Å². The molecular weight excluding hydrogens is 359 g/mol. The summed E-state index contributed by atoms with van der Waals surface area (Å²) >= 11 is 15.8. The van der Waals surface area contributed by atoms with Gasteiger partial charge in [-0.1, -0.05) is 62.9 Å². The smallest absolute Gasteiger partial charge is 0.123 e. The topological polar surface area (TPSA) is 9.23 Å². The quantitative estimate of drug-likeness (QED) is 0.581. The van der Waals surface area contributed by atoms with Crippen molar-refractivity contribution in [2.24, 2.45) is 0 Å². The van der Waals surface area contributed by atoms with E-state index in [4.69, 9.17) is 27.9 Å². The summed E-state index contributed by atoms with van der Waals surface area (Å²) in [7, 11) is 0. The molecular formula is C16H15BrCl2O. The highest BCUT2D eigenvalue weighted by atomic mass is 79.9. The van der Waals surface area contributed by atoms with Gasteiger partial charge in [-0.05, 0) is 37.6 Å². The third kappa shape index (κ3) is 3.49. The third-order valence-electron chi connectivity index (χ3n) is 2.97. The standard InChI is InChI=1S/C16H15BrCl2O/c1-3-20-15-7-4-10(2)8-12(15)16(17)11-5-6-13(18)14(19)9-11/h4-9,16H,3H2,1-2H3. The van der Waals surface area contributed by atoms with Gasteiger partial charge in [-0.25, -0.2) is 0 Å². The number of hydrogen-bond acceptors (Lipinski definition) is 1. The van der Waals surface area contributed by atoms with Crippen LogP contribution in [0.4, 0.5) is 0 Å². The Morgan fingerprint density at radius 2 is 1.85 bits per heavy atom. The molecule has 0 heterocycles. The van der Waals surface area contributed by atoms with Gasteiger partial charge in [-0.15, -0.1) is 0 Å². The van der Waals surface area contributed by atoms with Gasteiger partial charge in [0.1, 0.15) is 5.75 Å². The summed E-state index contributed by atoms with van der Waals surface area (Å²) in [5.74, 6) is 0.881. The van der Waals surface area contributed by atoms with Gasteiger partial charge in [0.2, 0.25) is 0 Å². The molecule has 1 atom stereocenters. The molecule has 0 fully saturated rings. The van der Waals surface area contributed by atoms with Crippen molar-refractivity contribution in [2.75, 3.05) is 6.61 Å². The molecule has 2 aromatic carbocycles. The first-order valence-corrected chi connectivity index (χ1v) is 8.02. The zero-order valence-electron chi connectivity index (χ0n) is 11.3. The van der Waals surface area contributed by atoms with E-state index in [1.54, 1.807) is 0 Å². The van der Waals surface area contributed by atoms with E-state index in [1.165, 1.54) is 5.56 Å². The zero-order valence-corrected chi connectivity index (χ0v) is 14.4. The van der Waals surface area contributed by atoms with Gasteiger partial charge in [-0.3, -0.25) is 0 Å². The molecule has 0 saturated carbocycles. The minimum absolute atomic E-state index is 0.0127. The summed E-state index contributed by atoms with van der Waals surface area (Å²) in [4.78, 5) is 0.0127. The number of alkyl halides is 1. The molecule has 0 N–H and O–H groups in total. The van der Waals surface area contributed by atoms with Crippen LogP contribution in [-0.4, -0.2) is 6.61 Å². The monoisotopic (exact) mass is 372 g/mol. The summed E-state index contributed by atoms with van der Waals surface area (Å²) < 4.78 is 5.70. The fraction of sp³-hybridized carbons (Fsp3) is 0.250. The van der Waals surface area contributed by atoms with Crippen molar-refractivity contribution < 1.29 is 4.74 Å². The molecule has 2 aromatic rings. The average Bonchev–Trinajstić information content (AvgIpc) is 2.43. The molecule has 0 aromatic heterocycles. The van der Waals surface area contributed by atoms with E-state index in [9.17, 15) is 0 Å². The van der Waals surface area contributed by atoms with Gasteiger partial charge in [0, 0.05) is 5.56 Å². The Hall–Kier alpha value is -0.700. The van der Waals surface area contributed by atoms with Crippen LogP contribution in [0.1, 0.15) is 28.4 Å². The molecule has 4 heteroatoms. The van der Waals surface area contributed by atoms with Crippen molar-refractivity contribution in [3.05, 3.63) is 63.1 Å². The molecule has 0 aliphatic heterocycles. The lowest BCUT2D eigenvalue weighted by molar-refractivity contribution is 0.337. The average molecular weight is 374 g/mol. The second kappa shape index (κ2) is 6.84. The molecule has 0 bridgehead atoms. The van der Waals surface area contributed by atoms with Crippen LogP contribution in [0.2, 0.25) is 10.0 Å². The normalized spacial score (nSPS) is 12.2. The molecule has 0 saturated heterocycles. The Labute approximate surface area is 138 Å². The highest BCUT2D eigenvalue weighted by molar-refractivity contribution is 9.09. The molecule has 0 spiro atoms. The molecule has 0 aliphatic carbocycles. The minimum Gasteiger partial charge on any atom is -0.494 e. The van der Waals surface area contributed by atoms with Crippen molar-refractivity contribution in [1.82, 2.24) is 0 Å². The number of rotatable bonds is 4. The lowest BCUT2D eigenvalue weighted by atomic mass is 10.0. The molecule has 2 rings (SSSR count). The van der Waals surface area contributed by atoms with E-state index in [-0.39, 0.29) is 4.83 Å². The van der Waals surface area contributed by atoms with Gasteiger partial charge in [-0.2, -0.15) is 0 Å². The number of ether oxygens (including phenoxy) is 1. The van der Waals surface area contributed by atoms with Gasteiger partial charge >= 0.3 is 0 Å².